The second kappa shape index (κ2) is 5.75. The predicted octanol–water partition coefficient (Wildman–Crippen LogP) is 4.34. The largest absolute Gasteiger partial charge is 0.383 e. The van der Waals surface area contributed by atoms with Crippen molar-refractivity contribution in [1.82, 2.24) is 9.97 Å². The highest BCUT2D eigenvalue weighted by Crippen LogP contribution is 2.34. The van der Waals surface area contributed by atoms with E-state index in [1.54, 1.807) is 0 Å². The molecule has 100 valence electrons. The molecule has 0 spiro atoms. The number of hydrogen-bond acceptors (Lipinski definition) is 4. The van der Waals surface area contributed by atoms with E-state index in [2.05, 4.69) is 31.2 Å². The maximum Gasteiger partial charge on any atom is 0.139 e. The van der Waals surface area contributed by atoms with E-state index in [0.29, 0.717) is 16.7 Å². The van der Waals surface area contributed by atoms with Crippen LogP contribution >= 0.6 is 27.5 Å². The van der Waals surface area contributed by atoms with Crippen molar-refractivity contribution in [1.29, 1.82) is 0 Å². The first-order chi connectivity index (χ1) is 9.00. The van der Waals surface area contributed by atoms with Gasteiger partial charge in [-0.3, -0.25) is 0 Å². The normalized spacial score (nSPS) is 10.8. The van der Waals surface area contributed by atoms with Crippen LogP contribution < -0.4 is 11.1 Å². The zero-order valence-corrected chi connectivity index (χ0v) is 13.0. The van der Waals surface area contributed by atoms with E-state index in [1.807, 2.05) is 32.0 Å². The summed E-state index contributed by atoms with van der Waals surface area (Å²) >= 11 is 9.52. The molecule has 4 nitrogen and oxygen atoms in total. The summed E-state index contributed by atoms with van der Waals surface area (Å²) in [6.07, 6.45) is 1.45. The van der Waals surface area contributed by atoms with Crippen LogP contribution in [0, 0.1) is 0 Å². The molecule has 1 aromatic carbocycles. The molecule has 1 aromatic heterocycles. The molecule has 0 saturated heterocycles. The first-order valence-corrected chi connectivity index (χ1v) is 6.99. The van der Waals surface area contributed by atoms with Crippen molar-refractivity contribution < 1.29 is 0 Å². The molecule has 0 radical (unpaired) electrons. The fraction of sp³-hybridized carbons (Fsp3) is 0.231. The Morgan fingerprint density at radius 3 is 2.74 bits per heavy atom. The summed E-state index contributed by atoms with van der Waals surface area (Å²) in [6.45, 7) is 4.10. The molecule has 2 rings (SSSR count). The zero-order valence-electron chi connectivity index (χ0n) is 10.6. The Kier molecular flexibility index (Phi) is 4.27. The van der Waals surface area contributed by atoms with E-state index >= 15 is 0 Å². The third-order valence-electron chi connectivity index (χ3n) is 2.70. The second-order valence-corrected chi connectivity index (χ2v) is 5.60. The van der Waals surface area contributed by atoms with Crippen LogP contribution in [0.25, 0.3) is 0 Å². The maximum atomic E-state index is 6.07. The summed E-state index contributed by atoms with van der Waals surface area (Å²) in [6, 6.07) is 5.60. The minimum absolute atomic E-state index is 0.224. The lowest BCUT2D eigenvalue weighted by Crippen LogP contribution is -2.06. The van der Waals surface area contributed by atoms with Gasteiger partial charge >= 0.3 is 0 Å². The highest BCUT2D eigenvalue weighted by molar-refractivity contribution is 9.10. The van der Waals surface area contributed by atoms with Crippen LogP contribution in [0.3, 0.4) is 0 Å². The number of hydrogen-bond donors (Lipinski definition) is 2. The number of nitrogens with one attached hydrogen (secondary N) is 1. The van der Waals surface area contributed by atoms with Gasteiger partial charge in [-0.15, -0.1) is 0 Å². The molecule has 3 N–H and O–H groups in total. The van der Waals surface area contributed by atoms with Gasteiger partial charge < -0.3 is 11.1 Å². The highest BCUT2D eigenvalue weighted by atomic mass is 79.9. The first-order valence-electron chi connectivity index (χ1n) is 5.82. The quantitative estimate of drug-likeness (QED) is 0.871. The minimum Gasteiger partial charge on any atom is -0.383 e. The third kappa shape index (κ3) is 2.98. The summed E-state index contributed by atoms with van der Waals surface area (Å²) in [5.41, 5.74) is 7.65. The van der Waals surface area contributed by atoms with E-state index in [0.717, 1.165) is 15.7 Å². The van der Waals surface area contributed by atoms with E-state index < -0.39 is 0 Å². The molecular weight excluding hydrogens is 328 g/mol. The zero-order chi connectivity index (χ0) is 14.0. The Balaban J connectivity index is 2.44. The van der Waals surface area contributed by atoms with Crippen LogP contribution in [0.2, 0.25) is 5.02 Å². The lowest BCUT2D eigenvalue weighted by Gasteiger charge is -2.16. The van der Waals surface area contributed by atoms with Crippen molar-refractivity contribution in [2.24, 2.45) is 0 Å². The summed E-state index contributed by atoms with van der Waals surface area (Å²) in [5.74, 6) is 1.41. The number of benzene rings is 1. The van der Waals surface area contributed by atoms with Gasteiger partial charge in [-0.1, -0.05) is 31.5 Å². The van der Waals surface area contributed by atoms with Gasteiger partial charge in [0.1, 0.15) is 18.0 Å². The molecule has 0 bridgehead atoms. The number of nitrogens with zero attached hydrogens (tertiary/aromatic N) is 2. The summed E-state index contributed by atoms with van der Waals surface area (Å²) < 4.78 is 0.795. The molecule has 2 aromatic rings. The van der Waals surface area contributed by atoms with Gasteiger partial charge in [0.2, 0.25) is 0 Å². The number of anilines is 3. The molecule has 19 heavy (non-hydrogen) atoms. The van der Waals surface area contributed by atoms with Gasteiger partial charge in [0.15, 0.2) is 0 Å². The fourth-order valence-corrected chi connectivity index (χ4v) is 2.34. The Morgan fingerprint density at radius 2 is 2.05 bits per heavy atom. The van der Waals surface area contributed by atoms with Crippen LogP contribution in [-0.2, 0) is 0 Å². The Bertz CT molecular complexity index is 601. The number of aromatic nitrogens is 2. The van der Waals surface area contributed by atoms with Gasteiger partial charge in [-0.2, -0.15) is 0 Å². The van der Waals surface area contributed by atoms with Gasteiger partial charge in [0, 0.05) is 5.56 Å². The van der Waals surface area contributed by atoms with Gasteiger partial charge in [-0.05, 0) is 34.0 Å². The summed E-state index contributed by atoms with van der Waals surface area (Å²) in [7, 11) is 0. The van der Waals surface area contributed by atoms with Crippen molar-refractivity contribution >= 4 is 44.9 Å². The van der Waals surface area contributed by atoms with Crippen molar-refractivity contribution in [2.45, 2.75) is 19.8 Å². The van der Waals surface area contributed by atoms with Crippen LogP contribution in [-0.4, -0.2) is 9.97 Å². The number of halogens is 2. The topological polar surface area (TPSA) is 63.8 Å². The molecule has 0 aliphatic carbocycles. The molecule has 0 aliphatic rings. The number of rotatable bonds is 3. The molecule has 0 aliphatic heterocycles. The lowest BCUT2D eigenvalue weighted by molar-refractivity contribution is 0.855. The monoisotopic (exact) mass is 340 g/mol. The van der Waals surface area contributed by atoms with Gasteiger partial charge in [-0.25, -0.2) is 9.97 Å². The molecule has 0 amide bonds. The number of nitrogens with two attached hydrogens (primary N) is 1. The second-order valence-electron chi connectivity index (χ2n) is 4.40. The average molecular weight is 342 g/mol. The predicted molar refractivity (Wildman–Crippen MR) is 83.0 cm³/mol. The average Bonchev–Trinajstić information content (AvgIpc) is 2.34. The summed E-state index contributed by atoms with van der Waals surface area (Å²) in [4.78, 5) is 8.29. The van der Waals surface area contributed by atoms with E-state index in [9.17, 15) is 0 Å². The van der Waals surface area contributed by atoms with E-state index in [4.69, 9.17) is 17.3 Å². The molecule has 0 fully saturated rings. The summed E-state index contributed by atoms with van der Waals surface area (Å²) in [5, 5.41) is 3.88. The van der Waals surface area contributed by atoms with Crippen LogP contribution in [0.15, 0.2) is 29.0 Å². The van der Waals surface area contributed by atoms with E-state index in [-0.39, 0.29) is 5.92 Å². The molecule has 0 saturated carbocycles. The standard InChI is InChI=1S/C13H14BrClN4/c1-7(2)10-12(16)17-6-18-13(10)19-9-5-3-4-8(15)11(9)14/h3-7H,1-2H3,(H3,16,17,18,19). The third-order valence-corrected chi connectivity index (χ3v) is 4.09. The van der Waals surface area contributed by atoms with Crippen molar-refractivity contribution in [3.8, 4) is 0 Å². The van der Waals surface area contributed by atoms with Gasteiger partial charge in [0.25, 0.3) is 0 Å². The highest BCUT2D eigenvalue weighted by Gasteiger charge is 2.14. The Hall–Kier alpha value is -1.33. The first kappa shape index (κ1) is 14.1. The number of nitrogen functional groups attached to an aromatic ring is 1. The molecule has 0 atom stereocenters. The van der Waals surface area contributed by atoms with Crippen molar-refractivity contribution in [3.63, 3.8) is 0 Å². The Labute approximate surface area is 125 Å². The van der Waals surface area contributed by atoms with Crippen molar-refractivity contribution in [2.75, 3.05) is 11.1 Å². The molecule has 6 heteroatoms. The smallest absolute Gasteiger partial charge is 0.139 e. The molecular formula is C13H14BrClN4. The minimum atomic E-state index is 0.224. The van der Waals surface area contributed by atoms with Crippen LogP contribution in [0.1, 0.15) is 25.3 Å². The SMILES string of the molecule is CC(C)c1c(N)ncnc1Nc1cccc(Cl)c1Br. The maximum absolute atomic E-state index is 6.07. The lowest BCUT2D eigenvalue weighted by atomic mass is 10.0. The van der Waals surface area contributed by atoms with Gasteiger partial charge in [0.05, 0.1) is 15.2 Å². The fourth-order valence-electron chi connectivity index (χ4n) is 1.81. The van der Waals surface area contributed by atoms with Crippen LogP contribution in [0.5, 0.6) is 0 Å². The Morgan fingerprint density at radius 1 is 1.32 bits per heavy atom. The molecule has 0 unspecified atom stereocenters. The van der Waals surface area contributed by atoms with E-state index in [1.165, 1.54) is 6.33 Å². The van der Waals surface area contributed by atoms with Crippen molar-refractivity contribution in [3.05, 3.63) is 39.6 Å². The molecule has 1 heterocycles. The van der Waals surface area contributed by atoms with Crippen LogP contribution in [0.4, 0.5) is 17.3 Å².